The molecule has 2 N–H and O–H groups in total. The van der Waals surface area contributed by atoms with Crippen molar-refractivity contribution in [3.8, 4) is 0 Å². The fourth-order valence-electron chi connectivity index (χ4n) is 1.19. The molecule has 0 fully saturated rings. The number of pyridine rings is 1. The highest BCUT2D eigenvalue weighted by atomic mass is 35.5. The number of aromatic nitrogens is 1. The molecular weight excluding hydrogens is 261 g/mol. The van der Waals surface area contributed by atoms with Gasteiger partial charge in [0.1, 0.15) is 5.82 Å². The fourth-order valence-corrected chi connectivity index (χ4v) is 1.19. The molecule has 0 aromatic carbocycles. The molecule has 98 valence electrons. The lowest BCUT2D eigenvalue weighted by Crippen LogP contribution is -2.28. The molecule has 0 aliphatic carbocycles. The van der Waals surface area contributed by atoms with Crippen LogP contribution in [-0.2, 0) is 4.79 Å². The molecule has 0 bridgehead atoms. The highest BCUT2D eigenvalue weighted by Crippen LogP contribution is 2.05. The van der Waals surface area contributed by atoms with Crippen LogP contribution < -0.4 is 10.6 Å². The van der Waals surface area contributed by atoms with E-state index >= 15 is 0 Å². The third-order valence-electron chi connectivity index (χ3n) is 2.12. The van der Waals surface area contributed by atoms with E-state index < -0.39 is 0 Å². The van der Waals surface area contributed by atoms with Gasteiger partial charge in [-0.15, -0.1) is 24.8 Å². The molecule has 1 rings (SSSR count). The zero-order valence-corrected chi connectivity index (χ0v) is 11.8. The quantitative estimate of drug-likeness (QED) is 0.887. The summed E-state index contributed by atoms with van der Waals surface area (Å²) in [6.07, 6.45) is 1.73. The van der Waals surface area contributed by atoms with Gasteiger partial charge in [-0.25, -0.2) is 4.98 Å². The van der Waals surface area contributed by atoms with Gasteiger partial charge in [0, 0.05) is 18.7 Å². The smallest absolute Gasteiger partial charge is 0.229 e. The van der Waals surface area contributed by atoms with Crippen LogP contribution in [-0.4, -0.2) is 24.5 Å². The Labute approximate surface area is 114 Å². The number of amides is 1. The van der Waals surface area contributed by atoms with Crippen molar-refractivity contribution in [2.75, 3.05) is 18.9 Å². The van der Waals surface area contributed by atoms with Crippen molar-refractivity contribution in [2.45, 2.75) is 13.8 Å². The van der Waals surface area contributed by atoms with Crippen LogP contribution in [0.1, 0.15) is 12.5 Å². The summed E-state index contributed by atoms with van der Waals surface area (Å²) in [6, 6.07) is 3.73. The zero-order valence-electron chi connectivity index (χ0n) is 10.2. The van der Waals surface area contributed by atoms with Crippen LogP contribution in [0.2, 0.25) is 0 Å². The first-order valence-electron chi connectivity index (χ1n) is 5.01. The molecule has 1 amide bonds. The van der Waals surface area contributed by atoms with Crippen molar-refractivity contribution in [3.63, 3.8) is 0 Å². The number of nitrogens with zero attached hydrogens (tertiary/aromatic N) is 1. The number of nitrogens with one attached hydrogen (secondary N) is 2. The molecule has 0 saturated carbocycles. The summed E-state index contributed by atoms with van der Waals surface area (Å²) in [5.74, 6) is 0.535. The molecule has 0 spiro atoms. The van der Waals surface area contributed by atoms with E-state index in [1.54, 1.807) is 12.3 Å². The Kier molecular flexibility index (Phi) is 10.0. The third-order valence-corrected chi connectivity index (χ3v) is 2.12. The minimum absolute atomic E-state index is 0. The summed E-state index contributed by atoms with van der Waals surface area (Å²) in [7, 11) is 1.83. The summed E-state index contributed by atoms with van der Waals surface area (Å²) in [6.45, 7) is 4.50. The standard InChI is InChI=1S/C11H17N3O.2ClH/c1-8-4-5-10(13-6-8)14-11(15)9(2)7-12-3;;/h4-6,9,12H,7H2,1-3H3,(H,13,14,15);2*1H. The Balaban J connectivity index is 0. The van der Waals surface area contributed by atoms with E-state index in [9.17, 15) is 4.79 Å². The van der Waals surface area contributed by atoms with Crippen LogP contribution in [0.4, 0.5) is 5.82 Å². The molecule has 0 aliphatic heterocycles. The van der Waals surface area contributed by atoms with Gasteiger partial charge in [0.2, 0.25) is 5.91 Å². The van der Waals surface area contributed by atoms with Gasteiger partial charge >= 0.3 is 0 Å². The molecule has 1 aromatic heterocycles. The van der Waals surface area contributed by atoms with E-state index in [1.807, 2.05) is 27.0 Å². The van der Waals surface area contributed by atoms with Crippen molar-refractivity contribution in [3.05, 3.63) is 23.9 Å². The van der Waals surface area contributed by atoms with Gasteiger partial charge in [-0.1, -0.05) is 13.0 Å². The molecular formula is C11H19Cl2N3O. The Bertz CT molecular complexity index is 330. The molecule has 1 aromatic rings. The zero-order chi connectivity index (χ0) is 11.3. The second kappa shape index (κ2) is 9.22. The number of halogens is 2. The predicted molar refractivity (Wildman–Crippen MR) is 75.2 cm³/mol. The van der Waals surface area contributed by atoms with E-state index in [2.05, 4.69) is 15.6 Å². The average Bonchev–Trinajstić information content (AvgIpc) is 2.22. The van der Waals surface area contributed by atoms with Crippen LogP contribution in [0.25, 0.3) is 0 Å². The number of aryl methyl sites for hydroxylation is 1. The maximum Gasteiger partial charge on any atom is 0.229 e. The molecule has 6 heteroatoms. The summed E-state index contributed by atoms with van der Waals surface area (Å²) in [5, 5.41) is 5.73. The van der Waals surface area contributed by atoms with Crippen LogP contribution >= 0.6 is 24.8 Å². The Morgan fingerprint density at radius 3 is 2.53 bits per heavy atom. The second-order valence-electron chi connectivity index (χ2n) is 3.67. The maximum absolute atomic E-state index is 11.6. The lowest BCUT2D eigenvalue weighted by atomic mass is 10.1. The van der Waals surface area contributed by atoms with Crippen molar-refractivity contribution >= 4 is 36.5 Å². The average molecular weight is 280 g/mol. The van der Waals surface area contributed by atoms with Gasteiger partial charge in [0.25, 0.3) is 0 Å². The van der Waals surface area contributed by atoms with Crippen molar-refractivity contribution in [1.29, 1.82) is 0 Å². The van der Waals surface area contributed by atoms with Crippen molar-refractivity contribution < 1.29 is 4.79 Å². The number of hydrogen-bond acceptors (Lipinski definition) is 3. The van der Waals surface area contributed by atoms with E-state index in [1.165, 1.54) is 0 Å². The van der Waals surface area contributed by atoms with Gasteiger partial charge in [-0.05, 0) is 25.6 Å². The Morgan fingerprint density at radius 2 is 2.06 bits per heavy atom. The van der Waals surface area contributed by atoms with Crippen molar-refractivity contribution in [1.82, 2.24) is 10.3 Å². The minimum atomic E-state index is -0.0573. The third kappa shape index (κ3) is 6.46. The first-order valence-corrected chi connectivity index (χ1v) is 5.01. The lowest BCUT2D eigenvalue weighted by molar-refractivity contribution is -0.119. The fraction of sp³-hybridized carbons (Fsp3) is 0.455. The summed E-state index contributed by atoms with van der Waals surface area (Å²) >= 11 is 0. The van der Waals surface area contributed by atoms with Crippen LogP contribution in [0.3, 0.4) is 0 Å². The summed E-state index contributed by atoms with van der Waals surface area (Å²) in [4.78, 5) is 15.7. The first kappa shape index (κ1) is 18.5. The highest BCUT2D eigenvalue weighted by Gasteiger charge is 2.11. The topological polar surface area (TPSA) is 54.0 Å². The predicted octanol–water partition coefficient (Wildman–Crippen LogP) is 2.03. The number of carbonyl (C=O) groups is 1. The molecule has 17 heavy (non-hydrogen) atoms. The molecule has 4 nitrogen and oxygen atoms in total. The minimum Gasteiger partial charge on any atom is -0.319 e. The summed E-state index contributed by atoms with van der Waals surface area (Å²) < 4.78 is 0. The maximum atomic E-state index is 11.6. The molecule has 0 saturated heterocycles. The molecule has 0 aliphatic rings. The Hall–Kier alpha value is -0.840. The van der Waals surface area contributed by atoms with Gasteiger partial charge in [0.05, 0.1) is 0 Å². The van der Waals surface area contributed by atoms with Crippen LogP contribution in [0, 0.1) is 12.8 Å². The molecule has 0 radical (unpaired) electrons. The van der Waals surface area contributed by atoms with E-state index in [0.717, 1.165) is 5.56 Å². The van der Waals surface area contributed by atoms with Gasteiger partial charge < -0.3 is 10.6 Å². The molecule has 1 unspecified atom stereocenters. The monoisotopic (exact) mass is 279 g/mol. The lowest BCUT2D eigenvalue weighted by Gasteiger charge is -2.10. The number of anilines is 1. The van der Waals surface area contributed by atoms with Gasteiger partial charge in [-0.3, -0.25) is 4.79 Å². The largest absolute Gasteiger partial charge is 0.319 e. The van der Waals surface area contributed by atoms with Crippen LogP contribution in [0.15, 0.2) is 18.3 Å². The van der Waals surface area contributed by atoms with E-state index in [0.29, 0.717) is 12.4 Å². The van der Waals surface area contributed by atoms with Crippen LogP contribution in [0.5, 0.6) is 0 Å². The SMILES string of the molecule is CNCC(C)C(=O)Nc1ccc(C)cn1.Cl.Cl. The van der Waals surface area contributed by atoms with Gasteiger partial charge in [0.15, 0.2) is 0 Å². The molecule has 1 heterocycles. The molecule has 1 atom stereocenters. The number of hydrogen-bond donors (Lipinski definition) is 2. The number of carbonyl (C=O) groups excluding carboxylic acids is 1. The second-order valence-corrected chi connectivity index (χ2v) is 3.67. The summed E-state index contributed by atoms with van der Waals surface area (Å²) in [5.41, 5.74) is 1.08. The number of rotatable bonds is 4. The van der Waals surface area contributed by atoms with E-state index in [4.69, 9.17) is 0 Å². The van der Waals surface area contributed by atoms with Gasteiger partial charge in [-0.2, -0.15) is 0 Å². The highest BCUT2D eigenvalue weighted by molar-refractivity contribution is 5.91. The first-order chi connectivity index (χ1) is 7.13. The normalized spacial score (nSPS) is 10.8. The van der Waals surface area contributed by atoms with E-state index in [-0.39, 0.29) is 36.6 Å². The Morgan fingerprint density at radius 1 is 1.41 bits per heavy atom. The van der Waals surface area contributed by atoms with Crippen molar-refractivity contribution in [2.24, 2.45) is 5.92 Å².